The Morgan fingerprint density at radius 3 is 2.78 bits per heavy atom. The molecule has 0 saturated carbocycles. The van der Waals surface area contributed by atoms with Crippen LogP contribution in [0.5, 0.6) is 0 Å². The molecule has 0 fully saturated rings. The quantitative estimate of drug-likeness (QED) is 0.631. The number of nitrogens with one attached hydrogen (secondary N) is 1. The van der Waals surface area contributed by atoms with Gasteiger partial charge in [-0.1, -0.05) is 18.2 Å². The van der Waals surface area contributed by atoms with Crippen molar-refractivity contribution in [2.24, 2.45) is 5.73 Å². The van der Waals surface area contributed by atoms with Crippen LogP contribution in [0, 0.1) is 0 Å². The van der Waals surface area contributed by atoms with Crippen molar-refractivity contribution in [3.8, 4) is 0 Å². The van der Waals surface area contributed by atoms with Gasteiger partial charge in [-0.2, -0.15) is 0 Å². The standard InChI is InChI=1S/C13H16N2O3/c14-10(12(16)7-13(17)18)6-9-5-8-3-1-2-4-11(8)15-9/h1-5,10,12,15-16H,6-7,14H2,(H,17,18). The first kappa shape index (κ1) is 12.6. The molecule has 0 aliphatic carbocycles. The van der Waals surface area contributed by atoms with Crippen molar-refractivity contribution in [2.45, 2.75) is 25.0 Å². The highest BCUT2D eigenvalue weighted by Crippen LogP contribution is 2.16. The molecule has 1 aromatic heterocycles. The topological polar surface area (TPSA) is 99.3 Å². The number of carboxylic acids is 1. The summed E-state index contributed by atoms with van der Waals surface area (Å²) in [6.07, 6.45) is -0.946. The van der Waals surface area contributed by atoms with E-state index in [1.807, 2.05) is 30.3 Å². The van der Waals surface area contributed by atoms with Crippen LogP contribution >= 0.6 is 0 Å². The molecular formula is C13H16N2O3. The average molecular weight is 248 g/mol. The number of aliphatic hydroxyl groups excluding tert-OH is 1. The molecule has 5 N–H and O–H groups in total. The van der Waals surface area contributed by atoms with Gasteiger partial charge in [-0.05, 0) is 17.5 Å². The summed E-state index contributed by atoms with van der Waals surface area (Å²) in [6, 6.07) is 9.19. The Hall–Kier alpha value is -1.85. The molecule has 18 heavy (non-hydrogen) atoms. The number of aliphatic hydroxyl groups is 1. The van der Waals surface area contributed by atoms with E-state index < -0.39 is 18.1 Å². The summed E-state index contributed by atoms with van der Waals surface area (Å²) < 4.78 is 0. The van der Waals surface area contributed by atoms with Crippen LogP contribution in [-0.4, -0.2) is 33.3 Å². The maximum atomic E-state index is 10.5. The van der Waals surface area contributed by atoms with Gasteiger partial charge in [0.1, 0.15) is 0 Å². The van der Waals surface area contributed by atoms with Gasteiger partial charge in [-0.25, -0.2) is 0 Å². The number of hydrogen-bond acceptors (Lipinski definition) is 3. The molecule has 5 nitrogen and oxygen atoms in total. The number of aromatic nitrogens is 1. The van der Waals surface area contributed by atoms with E-state index in [1.165, 1.54) is 0 Å². The SMILES string of the molecule is NC(Cc1cc2ccccc2[nH]1)C(O)CC(=O)O. The summed E-state index contributed by atoms with van der Waals surface area (Å²) in [5, 5.41) is 19.3. The highest BCUT2D eigenvalue weighted by molar-refractivity contribution is 5.80. The molecule has 1 heterocycles. The summed E-state index contributed by atoms with van der Waals surface area (Å²) in [7, 11) is 0. The molecule has 0 aliphatic heterocycles. The van der Waals surface area contributed by atoms with Crippen molar-refractivity contribution in [1.82, 2.24) is 4.98 Å². The second-order valence-corrected chi connectivity index (χ2v) is 4.42. The molecule has 0 spiro atoms. The van der Waals surface area contributed by atoms with Gasteiger partial charge in [0.2, 0.25) is 0 Å². The van der Waals surface area contributed by atoms with Crippen LogP contribution in [0.1, 0.15) is 12.1 Å². The summed E-state index contributed by atoms with van der Waals surface area (Å²) in [5.74, 6) is -1.05. The molecule has 96 valence electrons. The van der Waals surface area contributed by atoms with Gasteiger partial charge in [0.15, 0.2) is 0 Å². The second kappa shape index (κ2) is 5.20. The van der Waals surface area contributed by atoms with Gasteiger partial charge in [0.25, 0.3) is 0 Å². The second-order valence-electron chi connectivity index (χ2n) is 4.42. The molecule has 0 radical (unpaired) electrons. The van der Waals surface area contributed by atoms with E-state index in [0.29, 0.717) is 6.42 Å². The summed E-state index contributed by atoms with van der Waals surface area (Å²) in [5.41, 5.74) is 7.69. The number of benzene rings is 1. The number of rotatable bonds is 5. The average Bonchev–Trinajstić information content (AvgIpc) is 2.69. The zero-order valence-electron chi connectivity index (χ0n) is 9.84. The van der Waals surface area contributed by atoms with Crippen molar-refractivity contribution in [2.75, 3.05) is 0 Å². The van der Waals surface area contributed by atoms with Crippen molar-refractivity contribution in [3.05, 3.63) is 36.0 Å². The van der Waals surface area contributed by atoms with E-state index in [2.05, 4.69) is 4.98 Å². The maximum absolute atomic E-state index is 10.5. The number of H-pyrrole nitrogens is 1. The number of nitrogens with two attached hydrogens (primary N) is 1. The highest BCUT2D eigenvalue weighted by atomic mass is 16.4. The van der Waals surface area contributed by atoms with E-state index in [1.54, 1.807) is 0 Å². The molecule has 2 aromatic rings. The van der Waals surface area contributed by atoms with Gasteiger partial charge < -0.3 is 20.9 Å². The number of para-hydroxylation sites is 1. The molecular weight excluding hydrogens is 232 g/mol. The third kappa shape index (κ3) is 2.88. The summed E-state index contributed by atoms with van der Waals surface area (Å²) >= 11 is 0. The normalized spacial score (nSPS) is 14.6. The first-order valence-electron chi connectivity index (χ1n) is 5.78. The molecule has 0 saturated heterocycles. The minimum atomic E-state index is -1.05. The molecule has 2 unspecified atom stereocenters. The van der Waals surface area contributed by atoms with Crippen LogP contribution in [0.3, 0.4) is 0 Å². The Labute approximate surface area is 104 Å². The molecule has 5 heteroatoms. The molecule has 2 atom stereocenters. The first-order chi connectivity index (χ1) is 8.56. The zero-order valence-corrected chi connectivity index (χ0v) is 9.84. The number of aromatic amines is 1. The lowest BCUT2D eigenvalue weighted by Gasteiger charge is -2.16. The number of aliphatic carboxylic acids is 1. The molecule has 2 rings (SSSR count). The monoisotopic (exact) mass is 248 g/mol. The minimum Gasteiger partial charge on any atom is -0.481 e. The molecule has 0 amide bonds. The summed E-state index contributed by atoms with van der Waals surface area (Å²) in [4.78, 5) is 13.7. The predicted molar refractivity (Wildman–Crippen MR) is 68.2 cm³/mol. The fraction of sp³-hybridized carbons (Fsp3) is 0.308. The van der Waals surface area contributed by atoms with Crippen LogP contribution in [-0.2, 0) is 11.2 Å². The Morgan fingerprint density at radius 1 is 1.39 bits per heavy atom. The van der Waals surface area contributed by atoms with E-state index in [0.717, 1.165) is 16.6 Å². The number of carboxylic acid groups (broad SMARTS) is 1. The smallest absolute Gasteiger partial charge is 0.306 e. The van der Waals surface area contributed by atoms with E-state index in [9.17, 15) is 9.90 Å². The van der Waals surface area contributed by atoms with Gasteiger partial charge in [-0.3, -0.25) is 4.79 Å². The molecule has 1 aromatic carbocycles. The summed E-state index contributed by atoms with van der Waals surface area (Å²) in [6.45, 7) is 0. The fourth-order valence-electron chi connectivity index (χ4n) is 1.96. The third-order valence-electron chi connectivity index (χ3n) is 2.92. The lowest BCUT2D eigenvalue weighted by Crippen LogP contribution is -2.38. The lowest BCUT2D eigenvalue weighted by atomic mass is 10.0. The number of fused-ring (bicyclic) bond motifs is 1. The van der Waals surface area contributed by atoms with E-state index >= 15 is 0 Å². The zero-order chi connectivity index (χ0) is 13.1. The number of carbonyl (C=O) groups is 1. The van der Waals surface area contributed by atoms with E-state index in [4.69, 9.17) is 10.8 Å². The van der Waals surface area contributed by atoms with Crippen molar-refractivity contribution in [1.29, 1.82) is 0 Å². The van der Waals surface area contributed by atoms with E-state index in [-0.39, 0.29) is 6.42 Å². The molecule has 0 aliphatic rings. The Kier molecular flexibility index (Phi) is 3.64. The van der Waals surface area contributed by atoms with Crippen LogP contribution in [0.25, 0.3) is 10.9 Å². The van der Waals surface area contributed by atoms with Crippen LogP contribution < -0.4 is 5.73 Å². The number of hydrogen-bond donors (Lipinski definition) is 4. The van der Waals surface area contributed by atoms with Crippen LogP contribution in [0.2, 0.25) is 0 Å². The van der Waals surface area contributed by atoms with Crippen LogP contribution in [0.15, 0.2) is 30.3 Å². The highest BCUT2D eigenvalue weighted by Gasteiger charge is 2.19. The maximum Gasteiger partial charge on any atom is 0.306 e. The third-order valence-corrected chi connectivity index (χ3v) is 2.92. The Bertz CT molecular complexity index is 517. The van der Waals surface area contributed by atoms with Gasteiger partial charge in [0.05, 0.1) is 12.5 Å². The van der Waals surface area contributed by atoms with Gasteiger partial charge in [0, 0.05) is 23.7 Å². The lowest BCUT2D eigenvalue weighted by molar-refractivity contribution is -0.139. The molecule has 0 bridgehead atoms. The fourth-order valence-corrected chi connectivity index (χ4v) is 1.96. The van der Waals surface area contributed by atoms with Crippen molar-refractivity contribution in [3.63, 3.8) is 0 Å². The van der Waals surface area contributed by atoms with Gasteiger partial charge >= 0.3 is 5.97 Å². The Morgan fingerprint density at radius 2 is 2.11 bits per heavy atom. The predicted octanol–water partition coefficient (Wildman–Crippen LogP) is 0.873. The largest absolute Gasteiger partial charge is 0.481 e. The Balaban J connectivity index is 2.06. The first-order valence-corrected chi connectivity index (χ1v) is 5.78. The van der Waals surface area contributed by atoms with Crippen molar-refractivity contribution < 1.29 is 15.0 Å². The van der Waals surface area contributed by atoms with Crippen LogP contribution in [0.4, 0.5) is 0 Å². The van der Waals surface area contributed by atoms with Crippen molar-refractivity contribution >= 4 is 16.9 Å². The van der Waals surface area contributed by atoms with Gasteiger partial charge in [-0.15, -0.1) is 0 Å². The minimum absolute atomic E-state index is 0.332.